The molecule has 0 aliphatic carbocycles. The van der Waals surface area contributed by atoms with Gasteiger partial charge in [0, 0.05) is 43.2 Å². The summed E-state index contributed by atoms with van der Waals surface area (Å²) in [6.45, 7) is 3.75. The molecule has 6 nitrogen and oxygen atoms in total. The van der Waals surface area contributed by atoms with Gasteiger partial charge in [-0.3, -0.25) is 0 Å². The van der Waals surface area contributed by atoms with E-state index in [-0.39, 0.29) is 10.6 Å². The van der Waals surface area contributed by atoms with Gasteiger partial charge in [0.15, 0.2) is 5.13 Å². The summed E-state index contributed by atoms with van der Waals surface area (Å²) >= 11 is 1.55. The Morgan fingerprint density at radius 3 is 2.43 bits per heavy atom. The number of rotatable bonds is 5. The second-order valence-corrected chi connectivity index (χ2v) is 9.81. The van der Waals surface area contributed by atoms with Crippen molar-refractivity contribution in [3.8, 4) is 17.0 Å². The zero-order chi connectivity index (χ0) is 21.3. The fourth-order valence-corrected chi connectivity index (χ4v) is 5.83. The summed E-state index contributed by atoms with van der Waals surface area (Å²) in [5, 5.41) is 2.90. The normalized spacial score (nSPS) is 15.4. The van der Waals surface area contributed by atoms with Crippen LogP contribution in [0.4, 0.5) is 9.52 Å². The number of methoxy groups -OCH3 is 1. The van der Waals surface area contributed by atoms with Crippen LogP contribution in [0.15, 0.2) is 52.7 Å². The van der Waals surface area contributed by atoms with E-state index in [1.807, 2.05) is 12.3 Å². The maximum Gasteiger partial charge on any atom is 0.246 e. The Balaban J connectivity index is 1.47. The first-order valence-corrected chi connectivity index (χ1v) is 11.8. The molecule has 1 aromatic heterocycles. The van der Waals surface area contributed by atoms with Gasteiger partial charge >= 0.3 is 0 Å². The van der Waals surface area contributed by atoms with Crippen molar-refractivity contribution in [2.24, 2.45) is 0 Å². The number of nitrogens with zero attached hydrogens (tertiary/aromatic N) is 3. The Labute approximate surface area is 179 Å². The van der Waals surface area contributed by atoms with E-state index >= 15 is 0 Å². The molecular formula is C21H22FN3O3S2. The molecule has 1 aliphatic rings. The van der Waals surface area contributed by atoms with Crippen LogP contribution in [-0.2, 0) is 10.0 Å². The molecule has 0 atom stereocenters. The molecule has 2 aromatic carbocycles. The summed E-state index contributed by atoms with van der Waals surface area (Å²) in [6.07, 6.45) is 0. The largest absolute Gasteiger partial charge is 0.495 e. The molecule has 0 spiro atoms. The molecule has 2 heterocycles. The topological polar surface area (TPSA) is 62.7 Å². The summed E-state index contributed by atoms with van der Waals surface area (Å²) in [5.74, 6) is -0.524. The van der Waals surface area contributed by atoms with Crippen LogP contribution in [0.1, 0.15) is 5.56 Å². The number of piperazine rings is 1. The molecule has 30 heavy (non-hydrogen) atoms. The van der Waals surface area contributed by atoms with E-state index in [0.717, 1.165) is 28.5 Å². The van der Waals surface area contributed by atoms with Crippen LogP contribution in [0.5, 0.6) is 5.75 Å². The third-order valence-corrected chi connectivity index (χ3v) is 7.93. The van der Waals surface area contributed by atoms with E-state index in [9.17, 15) is 12.8 Å². The maximum atomic E-state index is 13.4. The number of anilines is 1. The van der Waals surface area contributed by atoms with Crippen molar-refractivity contribution < 1.29 is 17.5 Å². The summed E-state index contributed by atoms with van der Waals surface area (Å²) in [4.78, 5) is 6.81. The molecule has 158 valence electrons. The number of hydrogen-bond acceptors (Lipinski definition) is 6. The van der Waals surface area contributed by atoms with Crippen LogP contribution in [0.2, 0.25) is 0 Å². The summed E-state index contributed by atoms with van der Waals surface area (Å²) in [7, 11) is -2.44. The first-order chi connectivity index (χ1) is 14.4. The lowest BCUT2D eigenvalue weighted by Crippen LogP contribution is -2.48. The smallest absolute Gasteiger partial charge is 0.246 e. The van der Waals surface area contributed by atoms with Crippen molar-refractivity contribution in [2.45, 2.75) is 11.8 Å². The van der Waals surface area contributed by atoms with Crippen molar-refractivity contribution in [3.63, 3.8) is 0 Å². The minimum absolute atomic E-state index is 0.0140. The Hall–Kier alpha value is -2.49. The lowest BCUT2D eigenvalue weighted by molar-refractivity contribution is 0.373. The maximum absolute atomic E-state index is 13.4. The van der Waals surface area contributed by atoms with Crippen LogP contribution >= 0.6 is 11.3 Å². The number of halogens is 1. The van der Waals surface area contributed by atoms with E-state index in [2.05, 4.69) is 29.2 Å². The van der Waals surface area contributed by atoms with Crippen molar-refractivity contribution >= 4 is 26.5 Å². The monoisotopic (exact) mass is 447 g/mol. The highest BCUT2D eigenvalue weighted by Gasteiger charge is 2.31. The molecule has 1 saturated heterocycles. The Bertz CT molecular complexity index is 1140. The molecule has 0 N–H and O–H groups in total. The summed E-state index contributed by atoms with van der Waals surface area (Å²) in [6, 6.07) is 11.7. The Morgan fingerprint density at radius 1 is 1.07 bits per heavy atom. The van der Waals surface area contributed by atoms with Crippen molar-refractivity contribution in [3.05, 3.63) is 59.2 Å². The predicted molar refractivity (Wildman–Crippen MR) is 116 cm³/mol. The molecule has 1 aliphatic heterocycles. The zero-order valence-electron chi connectivity index (χ0n) is 16.7. The number of aryl methyl sites for hydroxylation is 1. The molecule has 3 aromatic rings. The van der Waals surface area contributed by atoms with Gasteiger partial charge in [0.05, 0.1) is 12.8 Å². The van der Waals surface area contributed by atoms with E-state index < -0.39 is 15.8 Å². The van der Waals surface area contributed by atoms with Gasteiger partial charge in [-0.2, -0.15) is 4.31 Å². The van der Waals surface area contributed by atoms with Crippen LogP contribution < -0.4 is 9.64 Å². The van der Waals surface area contributed by atoms with Crippen LogP contribution in [-0.4, -0.2) is 51.0 Å². The fraction of sp³-hybridized carbons (Fsp3) is 0.286. The standard InChI is InChI=1S/C21H22FN3O3S2/c1-15-3-5-16(6-4-15)18-14-29-21(23-18)24-9-11-25(12-10-24)30(26,27)20-8-7-17(22)13-19(20)28-2/h3-8,13-14H,9-12H2,1-2H3. The highest BCUT2D eigenvalue weighted by molar-refractivity contribution is 7.89. The third kappa shape index (κ3) is 4.05. The second kappa shape index (κ2) is 8.33. The highest BCUT2D eigenvalue weighted by Crippen LogP contribution is 2.31. The summed E-state index contributed by atoms with van der Waals surface area (Å²) in [5.41, 5.74) is 3.18. The minimum atomic E-state index is -3.77. The number of ether oxygens (including phenoxy) is 1. The third-order valence-electron chi connectivity index (χ3n) is 5.09. The van der Waals surface area contributed by atoms with Gasteiger partial charge in [0.1, 0.15) is 16.5 Å². The molecule has 0 saturated carbocycles. The lowest BCUT2D eigenvalue weighted by Gasteiger charge is -2.34. The van der Waals surface area contributed by atoms with Gasteiger partial charge in [-0.05, 0) is 19.1 Å². The molecule has 0 radical (unpaired) electrons. The average molecular weight is 448 g/mol. The molecule has 9 heteroatoms. The van der Waals surface area contributed by atoms with Crippen LogP contribution in [0.3, 0.4) is 0 Å². The van der Waals surface area contributed by atoms with Crippen LogP contribution in [0.25, 0.3) is 11.3 Å². The van der Waals surface area contributed by atoms with E-state index in [1.54, 1.807) is 11.3 Å². The molecule has 0 unspecified atom stereocenters. The first-order valence-electron chi connectivity index (χ1n) is 9.50. The zero-order valence-corrected chi connectivity index (χ0v) is 18.3. The quantitative estimate of drug-likeness (QED) is 0.596. The molecule has 0 bridgehead atoms. The number of benzene rings is 2. The molecular weight excluding hydrogens is 425 g/mol. The van der Waals surface area contributed by atoms with Gasteiger partial charge in [-0.25, -0.2) is 17.8 Å². The number of sulfonamides is 1. The minimum Gasteiger partial charge on any atom is -0.495 e. The van der Waals surface area contributed by atoms with E-state index in [0.29, 0.717) is 26.2 Å². The Morgan fingerprint density at radius 2 is 1.77 bits per heavy atom. The van der Waals surface area contributed by atoms with Crippen LogP contribution in [0, 0.1) is 12.7 Å². The highest BCUT2D eigenvalue weighted by atomic mass is 32.2. The number of thiazole rings is 1. The second-order valence-electron chi connectivity index (χ2n) is 7.07. The predicted octanol–water partition coefficient (Wildman–Crippen LogP) is 3.78. The Kier molecular flexibility index (Phi) is 5.77. The van der Waals surface area contributed by atoms with Gasteiger partial charge < -0.3 is 9.64 Å². The molecule has 4 rings (SSSR count). The van der Waals surface area contributed by atoms with Crippen molar-refractivity contribution in [1.29, 1.82) is 0 Å². The van der Waals surface area contributed by atoms with Gasteiger partial charge in [-0.15, -0.1) is 11.3 Å². The number of hydrogen-bond donors (Lipinski definition) is 0. The van der Waals surface area contributed by atoms with E-state index in [4.69, 9.17) is 9.72 Å². The SMILES string of the molecule is COc1cc(F)ccc1S(=O)(=O)N1CCN(c2nc(-c3ccc(C)cc3)cs2)CC1. The average Bonchev–Trinajstić information content (AvgIpc) is 3.24. The molecule has 0 amide bonds. The molecule has 1 fully saturated rings. The summed E-state index contributed by atoms with van der Waals surface area (Å²) < 4.78 is 46.0. The van der Waals surface area contributed by atoms with Gasteiger partial charge in [0.2, 0.25) is 10.0 Å². The van der Waals surface area contributed by atoms with Crippen molar-refractivity contribution in [2.75, 3.05) is 38.2 Å². The lowest BCUT2D eigenvalue weighted by atomic mass is 10.1. The van der Waals surface area contributed by atoms with Gasteiger partial charge in [-0.1, -0.05) is 29.8 Å². The van der Waals surface area contributed by atoms with Gasteiger partial charge in [0.25, 0.3) is 0 Å². The fourth-order valence-electron chi connectivity index (χ4n) is 3.38. The van der Waals surface area contributed by atoms with Crippen molar-refractivity contribution in [1.82, 2.24) is 9.29 Å². The number of aromatic nitrogens is 1. The first kappa shape index (κ1) is 20.8. The van der Waals surface area contributed by atoms with E-state index in [1.165, 1.54) is 23.0 Å².